The number of nitrogen functional groups attached to an aromatic ring is 1. The molecule has 106 valence electrons. The van der Waals surface area contributed by atoms with Crippen molar-refractivity contribution in [1.29, 1.82) is 0 Å². The summed E-state index contributed by atoms with van der Waals surface area (Å²) in [6.07, 6.45) is 0. The fourth-order valence-corrected chi connectivity index (χ4v) is 3.38. The van der Waals surface area contributed by atoms with E-state index in [1.54, 1.807) is 42.5 Å². The SMILES string of the molecule is CC(C)(NS(=O)(=O)c1ccccc1)c1ccc(N)cc1. The van der Waals surface area contributed by atoms with E-state index in [1.807, 2.05) is 26.0 Å². The summed E-state index contributed by atoms with van der Waals surface area (Å²) >= 11 is 0. The highest BCUT2D eigenvalue weighted by Gasteiger charge is 2.27. The van der Waals surface area contributed by atoms with E-state index in [2.05, 4.69) is 4.72 Å². The number of benzene rings is 2. The monoisotopic (exact) mass is 290 g/mol. The molecule has 0 saturated heterocycles. The number of anilines is 1. The lowest BCUT2D eigenvalue weighted by atomic mass is 9.96. The quantitative estimate of drug-likeness (QED) is 0.850. The molecule has 4 nitrogen and oxygen atoms in total. The minimum atomic E-state index is -3.56. The first-order chi connectivity index (χ1) is 9.31. The van der Waals surface area contributed by atoms with Gasteiger partial charge in [0.1, 0.15) is 0 Å². The molecule has 0 aliphatic rings. The normalized spacial score (nSPS) is 12.3. The third kappa shape index (κ3) is 3.18. The number of sulfonamides is 1. The van der Waals surface area contributed by atoms with Crippen molar-refractivity contribution in [3.05, 3.63) is 60.2 Å². The zero-order valence-corrected chi connectivity index (χ0v) is 12.3. The summed E-state index contributed by atoms with van der Waals surface area (Å²) in [7, 11) is -3.56. The van der Waals surface area contributed by atoms with Gasteiger partial charge in [-0.3, -0.25) is 0 Å². The number of rotatable bonds is 4. The Labute approximate surface area is 119 Å². The average Bonchev–Trinajstić information content (AvgIpc) is 2.39. The fraction of sp³-hybridized carbons (Fsp3) is 0.200. The minimum absolute atomic E-state index is 0.253. The molecular formula is C15H18N2O2S. The largest absolute Gasteiger partial charge is 0.399 e. The molecule has 0 atom stereocenters. The molecule has 2 aromatic carbocycles. The van der Waals surface area contributed by atoms with Crippen LogP contribution in [-0.2, 0) is 15.6 Å². The van der Waals surface area contributed by atoms with Gasteiger partial charge < -0.3 is 5.73 Å². The van der Waals surface area contributed by atoms with Gasteiger partial charge in [0.05, 0.1) is 10.4 Å². The lowest BCUT2D eigenvalue weighted by molar-refractivity contribution is 0.472. The van der Waals surface area contributed by atoms with Gasteiger partial charge in [0.25, 0.3) is 0 Å². The predicted octanol–water partition coefficient (Wildman–Crippen LogP) is 2.48. The molecule has 2 aromatic rings. The zero-order valence-electron chi connectivity index (χ0n) is 11.5. The Morgan fingerprint density at radius 2 is 1.50 bits per heavy atom. The van der Waals surface area contributed by atoms with Crippen LogP contribution in [0.2, 0.25) is 0 Å². The van der Waals surface area contributed by atoms with Crippen molar-refractivity contribution >= 4 is 15.7 Å². The van der Waals surface area contributed by atoms with Crippen LogP contribution in [0, 0.1) is 0 Å². The first kappa shape index (κ1) is 14.6. The van der Waals surface area contributed by atoms with Gasteiger partial charge in [-0.2, -0.15) is 0 Å². The molecular weight excluding hydrogens is 272 g/mol. The Morgan fingerprint density at radius 1 is 0.950 bits per heavy atom. The highest BCUT2D eigenvalue weighted by atomic mass is 32.2. The molecule has 3 N–H and O–H groups in total. The smallest absolute Gasteiger partial charge is 0.241 e. The maximum Gasteiger partial charge on any atom is 0.241 e. The summed E-state index contributed by atoms with van der Waals surface area (Å²) < 4.78 is 27.4. The first-order valence-electron chi connectivity index (χ1n) is 6.26. The Morgan fingerprint density at radius 3 is 2.05 bits per heavy atom. The van der Waals surface area contributed by atoms with Gasteiger partial charge in [-0.25, -0.2) is 13.1 Å². The number of nitrogens with two attached hydrogens (primary N) is 1. The Hall–Kier alpha value is -1.85. The molecule has 0 bridgehead atoms. The van der Waals surface area contributed by atoms with Crippen LogP contribution >= 0.6 is 0 Å². The van der Waals surface area contributed by atoms with E-state index in [4.69, 9.17) is 5.73 Å². The van der Waals surface area contributed by atoms with Gasteiger partial charge in [-0.05, 0) is 43.7 Å². The average molecular weight is 290 g/mol. The van der Waals surface area contributed by atoms with E-state index in [9.17, 15) is 8.42 Å². The van der Waals surface area contributed by atoms with Gasteiger partial charge in [0, 0.05) is 5.69 Å². The lowest BCUT2D eigenvalue weighted by Gasteiger charge is -2.26. The van der Waals surface area contributed by atoms with Crippen LogP contribution in [0.1, 0.15) is 19.4 Å². The van der Waals surface area contributed by atoms with E-state index in [-0.39, 0.29) is 4.90 Å². The van der Waals surface area contributed by atoms with Crippen molar-refractivity contribution in [2.24, 2.45) is 0 Å². The van der Waals surface area contributed by atoms with Crippen LogP contribution in [0.4, 0.5) is 5.69 Å². The topological polar surface area (TPSA) is 72.2 Å². The summed E-state index contributed by atoms with van der Waals surface area (Å²) in [5.41, 5.74) is 6.43. The van der Waals surface area contributed by atoms with Crippen molar-refractivity contribution < 1.29 is 8.42 Å². The zero-order chi connectivity index (χ0) is 14.8. The molecule has 0 radical (unpaired) electrons. The molecule has 20 heavy (non-hydrogen) atoms. The number of hydrogen-bond donors (Lipinski definition) is 2. The molecule has 0 spiro atoms. The molecule has 0 aromatic heterocycles. The summed E-state index contributed by atoms with van der Waals surface area (Å²) in [5.74, 6) is 0. The summed E-state index contributed by atoms with van der Waals surface area (Å²) in [6, 6.07) is 15.5. The van der Waals surface area contributed by atoms with Crippen LogP contribution in [0.3, 0.4) is 0 Å². The van der Waals surface area contributed by atoms with E-state index in [0.717, 1.165) is 5.56 Å². The summed E-state index contributed by atoms with van der Waals surface area (Å²) in [5, 5.41) is 0. The molecule has 0 unspecified atom stereocenters. The molecule has 2 rings (SSSR count). The van der Waals surface area contributed by atoms with Crippen molar-refractivity contribution in [2.45, 2.75) is 24.3 Å². The third-order valence-corrected chi connectivity index (χ3v) is 4.75. The van der Waals surface area contributed by atoms with Crippen LogP contribution < -0.4 is 10.5 Å². The fourth-order valence-electron chi connectivity index (χ4n) is 1.95. The van der Waals surface area contributed by atoms with Gasteiger partial charge >= 0.3 is 0 Å². The van der Waals surface area contributed by atoms with Crippen LogP contribution in [0.25, 0.3) is 0 Å². The summed E-state index contributed by atoms with van der Waals surface area (Å²) in [6.45, 7) is 3.64. The minimum Gasteiger partial charge on any atom is -0.399 e. The van der Waals surface area contributed by atoms with E-state index < -0.39 is 15.6 Å². The van der Waals surface area contributed by atoms with Crippen LogP contribution in [-0.4, -0.2) is 8.42 Å². The van der Waals surface area contributed by atoms with E-state index >= 15 is 0 Å². The maximum atomic E-state index is 12.4. The van der Waals surface area contributed by atoms with Gasteiger partial charge in [-0.15, -0.1) is 0 Å². The number of nitrogens with one attached hydrogen (secondary N) is 1. The van der Waals surface area contributed by atoms with Crippen molar-refractivity contribution in [1.82, 2.24) is 4.72 Å². The maximum absolute atomic E-state index is 12.4. The highest BCUT2D eigenvalue weighted by Crippen LogP contribution is 2.23. The molecule has 0 aliphatic carbocycles. The van der Waals surface area contributed by atoms with E-state index in [1.165, 1.54) is 0 Å². The second-order valence-corrected chi connectivity index (χ2v) is 6.85. The van der Waals surface area contributed by atoms with Crippen LogP contribution in [0.5, 0.6) is 0 Å². The molecule has 0 amide bonds. The highest BCUT2D eigenvalue weighted by molar-refractivity contribution is 7.89. The predicted molar refractivity (Wildman–Crippen MR) is 80.6 cm³/mol. The third-order valence-electron chi connectivity index (χ3n) is 3.08. The van der Waals surface area contributed by atoms with Gasteiger partial charge in [0.15, 0.2) is 0 Å². The van der Waals surface area contributed by atoms with Crippen molar-refractivity contribution in [3.63, 3.8) is 0 Å². The standard InChI is InChI=1S/C15H18N2O2S/c1-15(2,12-8-10-13(16)11-9-12)17-20(18,19)14-6-4-3-5-7-14/h3-11,17H,16H2,1-2H3. The molecule has 0 saturated carbocycles. The number of hydrogen-bond acceptors (Lipinski definition) is 3. The lowest BCUT2D eigenvalue weighted by Crippen LogP contribution is -2.40. The Bertz CT molecular complexity index is 678. The summed E-state index contributed by atoms with van der Waals surface area (Å²) in [4.78, 5) is 0.253. The molecule has 5 heteroatoms. The molecule has 0 aliphatic heterocycles. The van der Waals surface area contributed by atoms with Crippen molar-refractivity contribution in [2.75, 3.05) is 5.73 Å². The van der Waals surface area contributed by atoms with Gasteiger partial charge in [-0.1, -0.05) is 30.3 Å². The van der Waals surface area contributed by atoms with Crippen LogP contribution in [0.15, 0.2) is 59.5 Å². The Kier molecular flexibility index (Phi) is 3.83. The van der Waals surface area contributed by atoms with Crippen molar-refractivity contribution in [3.8, 4) is 0 Å². The van der Waals surface area contributed by atoms with E-state index in [0.29, 0.717) is 5.69 Å². The first-order valence-corrected chi connectivity index (χ1v) is 7.75. The Balaban J connectivity index is 2.30. The second kappa shape index (κ2) is 5.26. The molecule has 0 heterocycles. The second-order valence-electron chi connectivity index (χ2n) is 5.17. The van der Waals surface area contributed by atoms with Gasteiger partial charge in [0.2, 0.25) is 10.0 Å². The molecule has 0 fully saturated rings.